The Morgan fingerprint density at radius 1 is 1.43 bits per heavy atom. The van der Waals surface area contributed by atoms with Crippen molar-refractivity contribution >= 4 is 5.69 Å². The third kappa shape index (κ3) is 1.94. The maximum absolute atomic E-state index is 12.8. The van der Waals surface area contributed by atoms with E-state index in [-0.39, 0.29) is 18.0 Å². The number of aliphatic hydroxyl groups excluding tert-OH is 1. The highest BCUT2D eigenvalue weighted by Gasteiger charge is 2.14. The van der Waals surface area contributed by atoms with Crippen molar-refractivity contribution in [1.82, 2.24) is 0 Å². The van der Waals surface area contributed by atoms with Crippen LogP contribution in [0.3, 0.4) is 0 Å². The first kappa shape index (κ1) is 10.7. The predicted octanol–water partition coefficient (Wildman–Crippen LogP) is 0.496. The Hall–Kier alpha value is -1.33. The van der Waals surface area contributed by atoms with Gasteiger partial charge in [-0.05, 0) is 12.5 Å². The highest BCUT2D eigenvalue weighted by atomic mass is 19.1. The topological polar surface area (TPSA) is 92.5 Å². The monoisotopic (exact) mass is 200 g/mol. The summed E-state index contributed by atoms with van der Waals surface area (Å²) in [5.41, 5.74) is 10.9. The van der Waals surface area contributed by atoms with E-state index in [1.54, 1.807) is 0 Å². The second-order valence-electron chi connectivity index (χ2n) is 3.02. The summed E-state index contributed by atoms with van der Waals surface area (Å²) in [5.74, 6) is -1.02. The molecular formula is C9H13FN2O2. The molecule has 1 aromatic carbocycles. The average molecular weight is 200 g/mol. The Balaban J connectivity index is 3.04. The lowest BCUT2D eigenvalue weighted by Gasteiger charge is -2.13. The van der Waals surface area contributed by atoms with Gasteiger partial charge in [0.2, 0.25) is 0 Å². The van der Waals surface area contributed by atoms with E-state index in [1.807, 2.05) is 0 Å². The molecule has 0 bridgehead atoms. The van der Waals surface area contributed by atoms with E-state index in [0.717, 1.165) is 6.07 Å². The number of anilines is 1. The minimum atomic E-state index is -0.678. The zero-order valence-electron chi connectivity index (χ0n) is 7.57. The van der Waals surface area contributed by atoms with Crippen molar-refractivity contribution in [3.63, 3.8) is 0 Å². The van der Waals surface area contributed by atoms with Gasteiger partial charge in [0.15, 0.2) is 0 Å². The molecule has 0 fully saturated rings. The van der Waals surface area contributed by atoms with Gasteiger partial charge in [-0.2, -0.15) is 0 Å². The number of rotatable bonds is 3. The summed E-state index contributed by atoms with van der Waals surface area (Å²) in [6, 6.07) is 1.96. The van der Waals surface area contributed by atoms with E-state index in [2.05, 4.69) is 0 Å². The molecule has 0 unspecified atom stereocenters. The van der Waals surface area contributed by atoms with Gasteiger partial charge in [0.25, 0.3) is 0 Å². The molecule has 0 saturated carbocycles. The molecule has 6 N–H and O–H groups in total. The second kappa shape index (κ2) is 4.26. The number of hydrogen-bond donors (Lipinski definition) is 4. The Morgan fingerprint density at radius 2 is 2.07 bits per heavy atom. The van der Waals surface area contributed by atoms with Crippen molar-refractivity contribution in [2.75, 3.05) is 12.3 Å². The fourth-order valence-electron chi connectivity index (χ4n) is 1.19. The van der Waals surface area contributed by atoms with Gasteiger partial charge in [0.1, 0.15) is 17.3 Å². The van der Waals surface area contributed by atoms with Gasteiger partial charge >= 0.3 is 0 Å². The lowest BCUT2D eigenvalue weighted by atomic mass is 10.0. The van der Waals surface area contributed by atoms with Crippen LogP contribution in [-0.4, -0.2) is 16.8 Å². The summed E-state index contributed by atoms with van der Waals surface area (Å²) in [7, 11) is 0. The molecule has 0 aliphatic heterocycles. The molecule has 14 heavy (non-hydrogen) atoms. The summed E-state index contributed by atoms with van der Waals surface area (Å²) < 4.78 is 12.8. The first-order chi connectivity index (χ1) is 6.57. The van der Waals surface area contributed by atoms with Crippen LogP contribution >= 0.6 is 0 Å². The minimum absolute atomic E-state index is 0.0993. The van der Waals surface area contributed by atoms with E-state index in [9.17, 15) is 9.50 Å². The van der Waals surface area contributed by atoms with Crippen molar-refractivity contribution in [2.45, 2.75) is 12.5 Å². The standard InChI is InChI=1S/C9H13FN2O2/c10-6-2-1-5(7(11)3-4-13)9(14)8(6)12/h1-2,7,13-14H,3-4,11-12H2/t7-/m1/s1. The van der Waals surface area contributed by atoms with E-state index in [0.29, 0.717) is 12.0 Å². The number of nitrogen functional groups attached to an aromatic ring is 1. The largest absolute Gasteiger partial charge is 0.505 e. The Bertz CT molecular complexity index is 331. The molecule has 0 aliphatic carbocycles. The highest BCUT2D eigenvalue weighted by molar-refractivity contribution is 5.57. The van der Waals surface area contributed by atoms with Gasteiger partial charge in [-0.25, -0.2) is 4.39 Å². The molecule has 4 nitrogen and oxygen atoms in total. The van der Waals surface area contributed by atoms with Crippen molar-refractivity contribution < 1.29 is 14.6 Å². The van der Waals surface area contributed by atoms with Gasteiger partial charge < -0.3 is 21.7 Å². The van der Waals surface area contributed by atoms with Crippen molar-refractivity contribution in [2.24, 2.45) is 5.73 Å². The van der Waals surface area contributed by atoms with Gasteiger partial charge in [-0.15, -0.1) is 0 Å². The molecule has 0 heterocycles. The van der Waals surface area contributed by atoms with Gasteiger partial charge in [0.05, 0.1) is 0 Å². The molecule has 1 aromatic rings. The van der Waals surface area contributed by atoms with Crippen LogP contribution in [0.4, 0.5) is 10.1 Å². The molecule has 0 aliphatic rings. The molecule has 5 heteroatoms. The molecule has 0 aromatic heterocycles. The Kier molecular flexibility index (Phi) is 3.27. The third-order valence-corrected chi connectivity index (χ3v) is 2.03. The average Bonchev–Trinajstić information content (AvgIpc) is 2.15. The molecule has 0 amide bonds. The summed E-state index contributed by atoms with van der Waals surface area (Å²) in [5, 5.41) is 18.1. The number of hydrogen-bond acceptors (Lipinski definition) is 4. The number of benzene rings is 1. The molecule has 0 saturated heterocycles. The number of nitrogens with two attached hydrogens (primary N) is 2. The fraction of sp³-hybridized carbons (Fsp3) is 0.333. The molecular weight excluding hydrogens is 187 g/mol. The normalized spacial score (nSPS) is 12.8. The molecule has 1 rings (SSSR count). The van der Waals surface area contributed by atoms with Crippen molar-refractivity contribution in [3.8, 4) is 5.75 Å². The van der Waals surface area contributed by atoms with Gasteiger partial charge in [-0.1, -0.05) is 6.07 Å². The van der Waals surface area contributed by atoms with Crippen LogP contribution in [0.2, 0.25) is 0 Å². The SMILES string of the molecule is Nc1c(F)ccc([C@H](N)CCO)c1O. The van der Waals surface area contributed by atoms with E-state index in [1.165, 1.54) is 6.07 Å². The number of aromatic hydroxyl groups is 1. The molecule has 0 radical (unpaired) electrons. The first-order valence-corrected chi connectivity index (χ1v) is 4.21. The van der Waals surface area contributed by atoms with Gasteiger partial charge in [0, 0.05) is 18.2 Å². The molecule has 1 atom stereocenters. The van der Waals surface area contributed by atoms with Crippen LogP contribution in [0.1, 0.15) is 18.0 Å². The second-order valence-corrected chi connectivity index (χ2v) is 3.02. The highest BCUT2D eigenvalue weighted by Crippen LogP contribution is 2.31. The molecule has 0 spiro atoms. The Morgan fingerprint density at radius 3 is 2.64 bits per heavy atom. The van der Waals surface area contributed by atoms with E-state index >= 15 is 0 Å². The number of aliphatic hydroxyl groups is 1. The quantitative estimate of drug-likeness (QED) is 0.422. The van der Waals surface area contributed by atoms with Gasteiger partial charge in [-0.3, -0.25) is 0 Å². The van der Waals surface area contributed by atoms with Crippen LogP contribution in [0.15, 0.2) is 12.1 Å². The smallest absolute Gasteiger partial charge is 0.149 e. The van der Waals surface area contributed by atoms with Crippen LogP contribution < -0.4 is 11.5 Å². The summed E-state index contributed by atoms with van der Waals surface area (Å²) in [6.07, 6.45) is 0.290. The van der Waals surface area contributed by atoms with Crippen LogP contribution in [0.25, 0.3) is 0 Å². The number of phenolic OH excluding ortho intramolecular Hbond substituents is 1. The zero-order chi connectivity index (χ0) is 10.7. The summed E-state index contributed by atoms with van der Waals surface area (Å²) >= 11 is 0. The lowest BCUT2D eigenvalue weighted by molar-refractivity contribution is 0.275. The number of phenols is 1. The summed E-state index contributed by atoms with van der Waals surface area (Å²) in [4.78, 5) is 0. The van der Waals surface area contributed by atoms with Crippen LogP contribution in [0, 0.1) is 5.82 Å². The predicted molar refractivity (Wildman–Crippen MR) is 51.1 cm³/mol. The number of halogens is 1. The summed E-state index contributed by atoms with van der Waals surface area (Å²) in [6.45, 7) is -0.0993. The van der Waals surface area contributed by atoms with Crippen LogP contribution in [0.5, 0.6) is 5.75 Å². The van der Waals surface area contributed by atoms with E-state index in [4.69, 9.17) is 16.6 Å². The van der Waals surface area contributed by atoms with Crippen molar-refractivity contribution in [3.05, 3.63) is 23.5 Å². The minimum Gasteiger partial charge on any atom is -0.505 e. The van der Waals surface area contributed by atoms with Crippen LogP contribution in [-0.2, 0) is 0 Å². The maximum Gasteiger partial charge on any atom is 0.149 e. The Labute approximate surface area is 81.0 Å². The van der Waals surface area contributed by atoms with Crippen molar-refractivity contribution in [1.29, 1.82) is 0 Å². The molecule has 78 valence electrons. The zero-order valence-corrected chi connectivity index (χ0v) is 7.57. The third-order valence-electron chi connectivity index (χ3n) is 2.03. The lowest BCUT2D eigenvalue weighted by Crippen LogP contribution is -2.13. The van der Waals surface area contributed by atoms with E-state index < -0.39 is 11.9 Å². The maximum atomic E-state index is 12.8. The first-order valence-electron chi connectivity index (χ1n) is 4.21. The fourth-order valence-corrected chi connectivity index (χ4v) is 1.19.